The Balaban J connectivity index is 1.29. The molecule has 2 aliphatic rings. The molecule has 2 saturated heterocycles. The highest BCUT2D eigenvalue weighted by atomic mass is 16.5. The summed E-state index contributed by atoms with van der Waals surface area (Å²) in [5.41, 5.74) is 2.86. The average Bonchev–Trinajstić information content (AvgIpc) is 3.59. The first-order valence-electron chi connectivity index (χ1n) is 12.8. The Hall–Kier alpha value is -4.09. The number of hydrogen-bond donors (Lipinski definition) is 1. The van der Waals surface area contributed by atoms with Gasteiger partial charge in [-0.25, -0.2) is 0 Å². The second-order valence-corrected chi connectivity index (χ2v) is 9.45. The Kier molecular flexibility index (Phi) is 7.52. The molecule has 0 saturated carbocycles. The monoisotopic (exact) mass is 497 g/mol. The molecule has 3 aromatic rings. The summed E-state index contributed by atoms with van der Waals surface area (Å²) < 4.78 is 7.45. The average molecular weight is 498 g/mol. The summed E-state index contributed by atoms with van der Waals surface area (Å²) in [5, 5.41) is 13.7. The van der Waals surface area contributed by atoms with Gasteiger partial charge in [0.2, 0.25) is 5.91 Å². The van der Waals surface area contributed by atoms with Crippen molar-refractivity contribution in [3.05, 3.63) is 71.9 Å². The van der Waals surface area contributed by atoms with E-state index in [9.17, 15) is 14.9 Å². The van der Waals surface area contributed by atoms with Crippen LogP contribution in [0.1, 0.15) is 18.4 Å². The van der Waals surface area contributed by atoms with Crippen molar-refractivity contribution in [3.8, 4) is 6.07 Å². The van der Waals surface area contributed by atoms with Crippen molar-refractivity contribution >= 4 is 34.5 Å². The Morgan fingerprint density at radius 3 is 2.54 bits per heavy atom. The highest BCUT2D eigenvalue weighted by Crippen LogP contribution is 2.25. The van der Waals surface area contributed by atoms with Crippen molar-refractivity contribution in [2.75, 3.05) is 44.2 Å². The van der Waals surface area contributed by atoms with Gasteiger partial charge in [-0.1, -0.05) is 36.4 Å². The number of benzene rings is 2. The number of fused-ring (bicyclic) bond motifs is 1. The molecule has 2 fully saturated rings. The first kappa shape index (κ1) is 24.6. The summed E-state index contributed by atoms with van der Waals surface area (Å²) in [4.78, 5) is 29.9. The Morgan fingerprint density at radius 1 is 1.05 bits per heavy atom. The van der Waals surface area contributed by atoms with E-state index in [1.54, 1.807) is 11.0 Å². The third-order valence-electron chi connectivity index (χ3n) is 7.02. The third-order valence-corrected chi connectivity index (χ3v) is 7.02. The number of carbonyl (C=O) groups excluding carboxylic acids is 2. The third kappa shape index (κ3) is 5.68. The van der Waals surface area contributed by atoms with E-state index < -0.39 is 0 Å². The Bertz CT molecular complexity index is 1330. The molecule has 1 aromatic heterocycles. The molecule has 0 spiro atoms. The summed E-state index contributed by atoms with van der Waals surface area (Å²) in [7, 11) is 0. The summed E-state index contributed by atoms with van der Waals surface area (Å²) in [6.07, 6.45) is 5.57. The van der Waals surface area contributed by atoms with E-state index in [4.69, 9.17) is 4.74 Å². The fraction of sp³-hybridized carbons (Fsp3) is 0.345. The second kappa shape index (κ2) is 11.3. The zero-order valence-electron chi connectivity index (χ0n) is 20.8. The first-order valence-corrected chi connectivity index (χ1v) is 12.8. The smallest absolute Gasteiger partial charge is 0.264 e. The fourth-order valence-corrected chi connectivity index (χ4v) is 5.04. The fourth-order valence-electron chi connectivity index (χ4n) is 5.04. The predicted octanol–water partition coefficient (Wildman–Crippen LogP) is 3.19. The molecule has 0 aliphatic carbocycles. The van der Waals surface area contributed by atoms with Crippen LogP contribution >= 0.6 is 0 Å². The summed E-state index contributed by atoms with van der Waals surface area (Å²) in [6.45, 7) is 3.96. The first-order chi connectivity index (χ1) is 18.1. The second-order valence-electron chi connectivity index (χ2n) is 9.45. The number of anilines is 1. The van der Waals surface area contributed by atoms with Crippen LogP contribution in [0.15, 0.2) is 66.4 Å². The number of amides is 2. The lowest BCUT2D eigenvalue weighted by Crippen LogP contribution is -2.49. The van der Waals surface area contributed by atoms with E-state index in [-0.39, 0.29) is 30.0 Å². The summed E-state index contributed by atoms with van der Waals surface area (Å²) in [5.74, 6) is -0.360. The lowest BCUT2D eigenvalue weighted by Gasteiger charge is -2.36. The van der Waals surface area contributed by atoms with Crippen LogP contribution in [0, 0.1) is 11.3 Å². The number of nitrogens with one attached hydrogen (secondary N) is 1. The van der Waals surface area contributed by atoms with Crippen LogP contribution in [0.4, 0.5) is 5.69 Å². The number of nitrogens with zero attached hydrogens (tertiary/aromatic N) is 4. The molecule has 0 unspecified atom stereocenters. The van der Waals surface area contributed by atoms with Crippen molar-refractivity contribution in [2.45, 2.75) is 25.5 Å². The highest BCUT2D eigenvalue weighted by molar-refractivity contribution is 6.04. The minimum Gasteiger partial charge on any atom is -0.376 e. The van der Waals surface area contributed by atoms with Gasteiger partial charge in [0.25, 0.3) is 5.91 Å². The minimum atomic E-state index is -0.263. The summed E-state index contributed by atoms with van der Waals surface area (Å²) in [6, 6.07) is 20.0. The number of hydrogen-bond acceptors (Lipinski definition) is 5. The number of nitriles is 1. The number of carbonyl (C=O) groups is 2. The van der Waals surface area contributed by atoms with Crippen LogP contribution in [-0.2, 0) is 20.9 Å². The van der Waals surface area contributed by atoms with Crippen LogP contribution in [0.5, 0.6) is 0 Å². The van der Waals surface area contributed by atoms with Gasteiger partial charge in [-0.15, -0.1) is 0 Å². The van der Waals surface area contributed by atoms with Crippen LogP contribution in [0.3, 0.4) is 0 Å². The summed E-state index contributed by atoms with van der Waals surface area (Å²) >= 11 is 0. The minimum absolute atomic E-state index is 0.0857. The van der Waals surface area contributed by atoms with E-state index >= 15 is 0 Å². The maximum Gasteiger partial charge on any atom is 0.264 e. The molecular formula is C29H31N5O3. The van der Waals surface area contributed by atoms with Gasteiger partial charge in [-0.05, 0) is 37.1 Å². The molecule has 0 bridgehead atoms. The number of rotatable bonds is 7. The number of para-hydroxylation sites is 2. The molecule has 0 radical (unpaired) electrons. The van der Waals surface area contributed by atoms with E-state index in [1.165, 1.54) is 0 Å². The molecule has 5 rings (SSSR count). The van der Waals surface area contributed by atoms with Crippen molar-refractivity contribution in [1.82, 2.24) is 14.8 Å². The quantitative estimate of drug-likeness (QED) is 0.400. The lowest BCUT2D eigenvalue weighted by atomic mass is 10.1. The van der Waals surface area contributed by atoms with Gasteiger partial charge in [0, 0.05) is 67.7 Å². The van der Waals surface area contributed by atoms with Gasteiger partial charge in [-0.2, -0.15) is 5.26 Å². The van der Waals surface area contributed by atoms with Crippen LogP contribution in [-0.4, -0.2) is 66.7 Å². The number of piperazine rings is 1. The van der Waals surface area contributed by atoms with Gasteiger partial charge in [0.1, 0.15) is 18.2 Å². The molecule has 8 heteroatoms. The highest BCUT2D eigenvalue weighted by Gasteiger charge is 2.24. The van der Waals surface area contributed by atoms with Crippen LogP contribution in [0.2, 0.25) is 0 Å². The van der Waals surface area contributed by atoms with Crippen molar-refractivity contribution in [3.63, 3.8) is 0 Å². The maximum atomic E-state index is 13.2. The van der Waals surface area contributed by atoms with Gasteiger partial charge in [0.05, 0.1) is 6.10 Å². The van der Waals surface area contributed by atoms with Crippen LogP contribution in [0.25, 0.3) is 17.0 Å². The van der Waals surface area contributed by atoms with Gasteiger partial charge < -0.3 is 24.4 Å². The van der Waals surface area contributed by atoms with E-state index in [0.29, 0.717) is 19.6 Å². The molecule has 2 aliphatic heterocycles. The van der Waals surface area contributed by atoms with E-state index in [0.717, 1.165) is 54.7 Å². The standard InChI is InChI=1S/C29H31N5O3/c30-18-22(29(36)33-14-12-32(13-15-33)24-7-2-1-3-8-24)17-23-20-34(27-11-5-4-10-26(23)27)21-28(35)31-19-25-9-6-16-37-25/h1-5,7-8,10-11,17,20,25H,6,9,12-16,19,21H2,(H,31,35)/b22-17+/t25-/m0/s1. The van der Waals surface area contributed by atoms with E-state index in [2.05, 4.69) is 28.4 Å². The van der Waals surface area contributed by atoms with Gasteiger partial charge in [-0.3, -0.25) is 9.59 Å². The molecule has 190 valence electrons. The molecular weight excluding hydrogens is 466 g/mol. The van der Waals surface area contributed by atoms with E-state index in [1.807, 2.05) is 53.2 Å². The maximum absolute atomic E-state index is 13.2. The topological polar surface area (TPSA) is 90.6 Å². The zero-order chi connectivity index (χ0) is 25.6. The van der Waals surface area contributed by atoms with Crippen molar-refractivity contribution in [1.29, 1.82) is 5.26 Å². The van der Waals surface area contributed by atoms with Crippen molar-refractivity contribution in [2.24, 2.45) is 0 Å². The zero-order valence-corrected chi connectivity index (χ0v) is 20.8. The molecule has 1 atom stereocenters. The molecule has 2 amide bonds. The predicted molar refractivity (Wildman–Crippen MR) is 143 cm³/mol. The Morgan fingerprint density at radius 2 is 1.81 bits per heavy atom. The molecule has 37 heavy (non-hydrogen) atoms. The molecule has 8 nitrogen and oxygen atoms in total. The Labute approximate surface area is 216 Å². The molecule has 3 heterocycles. The SMILES string of the molecule is N#C/C(=C\c1cn(CC(=O)NC[C@@H]2CCCO2)c2ccccc12)C(=O)N1CCN(c2ccccc2)CC1. The lowest BCUT2D eigenvalue weighted by molar-refractivity contribution is -0.127. The number of aromatic nitrogens is 1. The largest absolute Gasteiger partial charge is 0.376 e. The van der Waals surface area contributed by atoms with Crippen molar-refractivity contribution < 1.29 is 14.3 Å². The van der Waals surface area contributed by atoms with Gasteiger partial charge in [0.15, 0.2) is 0 Å². The molecule has 1 N–H and O–H groups in total. The normalized spacial score (nSPS) is 18.1. The molecule has 2 aromatic carbocycles. The van der Waals surface area contributed by atoms with Crippen LogP contribution < -0.4 is 10.2 Å². The number of ether oxygens (including phenoxy) is 1. The van der Waals surface area contributed by atoms with Gasteiger partial charge >= 0.3 is 0 Å².